The molecule has 1 aliphatic rings. The first-order chi connectivity index (χ1) is 31.2. The van der Waals surface area contributed by atoms with Gasteiger partial charge >= 0.3 is 0 Å². The van der Waals surface area contributed by atoms with Gasteiger partial charge in [-0.25, -0.2) is 9.97 Å². The summed E-state index contributed by atoms with van der Waals surface area (Å²) in [5, 5.41) is 8.12. The molecule has 0 unspecified atom stereocenters. The van der Waals surface area contributed by atoms with E-state index in [9.17, 15) is 0 Å². The largest absolute Gasteiger partial charge is 0.453 e. The second-order valence-corrected chi connectivity index (χ2v) is 16.2. The molecule has 0 bridgehead atoms. The fourth-order valence-electron chi connectivity index (χ4n) is 9.63. The summed E-state index contributed by atoms with van der Waals surface area (Å²) in [5.41, 5.74) is 12.5. The lowest BCUT2D eigenvalue weighted by Crippen LogP contribution is -2.15. The SMILES string of the molecule is c1ccc(-c2nc(-c3cccc(-n4c5ccc(-c6ccc7c(c6)Oc6ccccc6N7c6ccccc6)cc5c5c6ccccc6ccc54)c3)nc3c2ccc2ccccc23)cc1. The molecule has 0 saturated carbocycles. The Balaban J connectivity index is 0.985. The molecule has 0 aliphatic carbocycles. The van der Waals surface area contributed by atoms with Crippen LogP contribution in [0.15, 0.2) is 218 Å². The number of nitrogens with zero attached hydrogens (tertiary/aromatic N) is 4. The first-order valence-electron chi connectivity index (χ1n) is 21.3. The molecule has 5 heteroatoms. The number of rotatable bonds is 5. The number of fused-ring (bicyclic) bond motifs is 10. The standard InChI is InChI=1S/C58H36N4O/c1-3-16-39(17-4-1)56-47-30-26-38-15-8-10-23-46(38)57(47)60-58(59-56)42-18-13-21-44(34-42)62-49-31-28-40(35-48(49)55-45-22-9-7-14-37(45)27-33-52(55)62)41-29-32-51-54(36-41)63-53-25-12-11-24-50(53)61(51)43-19-5-2-6-20-43/h1-36H. The molecule has 3 heterocycles. The van der Waals surface area contributed by atoms with Crippen molar-refractivity contribution < 1.29 is 4.74 Å². The van der Waals surface area contributed by atoms with Gasteiger partial charge < -0.3 is 14.2 Å². The monoisotopic (exact) mass is 804 g/mol. The van der Waals surface area contributed by atoms with Gasteiger partial charge in [0.05, 0.1) is 33.6 Å². The molecule has 0 N–H and O–H groups in total. The minimum atomic E-state index is 0.691. The predicted octanol–water partition coefficient (Wildman–Crippen LogP) is 15.6. The molecule has 63 heavy (non-hydrogen) atoms. The van der Waals surface area contributed by atoms with E-state index in [1.807, 2.05) is 18.2 Å². The maximum atomic E-state index is 6.64. The van der Waals surface area contributed by atoms with Gasteiger partial charge in [-0.1, -0.05) is 146 Å². The molecular weight excluding hydrogens is 769 g/mol. The molecular formula is C58H36N4O. The van der Waals surface area contributed by atoms with Crippen molar-refractivity contribution in [3.63, 3.8) is 0 Å². The number of hydrogen-bond donors (Lipinski definition) is 0. The zero-order valence-electron chi connectivity index (χ0n) is 34.0. The molecule has 0 fully saturated rings. The van der Waals surface area contributed by atoms with Crippen LogP contribution in [0.5, 0.6) is 11.5 Å². The van der Waals surface area contributed by atoms with E-state index in [0.29, 0.717) is 5.82 Å². The molecule has 0 atom stereocenters. The predicted molar refractivity (Wildman–Crippen MR) is 260 cm³/mol. The van der Waals surface area contributed by atoms with Gasteiger partial charge in [-0.15, -0.1) is 0 Å². The van der Waals surface area contributed by atoms with Gasteiger partial charge in [0, 0.05) is 44.0 Å². The van der Waals surface area contributed by atoms with Crippen molar-refractivity contribution in [2.75, 3.05) is 4.90 Å². The summed E-state index contributed by atoms with van der Waals surface area (Å²) < 4.78 is 9.03. The summed E-state index contributed by atoms with van der Waals surface area (Å²) in [6, 6.07) is 77.3. The summed E-state index contributed by atoms with van der Waals surface area (Å²) in [7, 11) is 0. The fraction of sp³-hybridized carbons (Fsp3) is 0. The third-order valence-corrected chi connectivity index (χ3v) is 12.5. The van der Waals surface area contributed by atoms with E-state index < -0.39 is 0 Å². The van der Waals surface area contributed by atoms with E-state index in [2.05, 4.69) is 210 Å². The van der Waals surface area contributed by atoms with Crippen LogP contribution in [-0.2, 0) is 0 Å². The number of aromatic nitrogens is 3. The van der Waals surface area contributed by atoms with Gasteiger partial charge in [0.15, 0.2) is 17.3 Å². The first-order valence-corrected chi connectivity index (χ1v) is 21.3. The quantitative estimate of drug-likeness (QED) is 0.163. The normalized spacial score (nSPS) is 12.2. The molecule has 13 rings (SSSR count). The third kappa shape index (κ3) is 5.64. The average molecular weight is 805 g/mol. The number of ether oxygens (including phenoxy) is 1. The van der Waals surface area contributed by atoms with Crippen molar-refractivity contribution in [3.8, 4) is 51.0 Å². The zero-order valence-corrected chi connectivity index (χ0v) is 34.0. The molecule has 0 amide bonds. The molecule has 10 aromatic carbocycles. The maximum absolute atomic E-state index is 6.64. The lowest BCUT2D eigenvalue weighted by Gasteiger charge is -2.33. The van der Waals surface area contributed by atoms with Gasteiger partial charge in [0.1, 0.15) is 0 Å². The minimum Gasteiger partial charge on any atom is -0.453 e. The molecule has 0 radical (unpaired) electrons. The van der Waals surface area contributed by atoms with Crippen LogP contribution in [0.25, 0.3) is 93.7 Å². The highest BCUT2D eigenvalue weighted by molar-refractivity contribution is 6.22. The van der Waals surface area contributed by atoms with Gasteiger partial charge in [-0.05, 0) is 100 Å². The van der Waals surface area contributed by atoms with Gasteiger partial charge in [0.25, 0.3) is 0 Å². The van der Waals surface area contributed by atoms with Crippen molar-refractivity contribution >= 4 is 71.3 Å². The van der Waals surface area contributed by atoms with Crippen LogP contribution in [0, 0.1) is 0 Å². The summed E-state index contributed by atoms with van der Waals surface area (Å²) in [6.45, 7) is 0. The number of anilines is 3. The molecule has 1 aliphatic heterocycles. The maximum Gasteiger partial charge on any atom is 0.160 e. The summed E-state index contributed by atoms with van der Waals surface area (Å²) in [6.07, 6.45) is 0. The molecule has 5 nitrogen and oxygen atoms in total. The molecule has 12 aromatic rings. The summed E-state index contributed by atoms with van der Waals surface area (Å²) in [5.74, 6) is 2.34. The third-order valence-electron chi connectivity index (χ3n) is 12.5. The summed E-state index contributed by atoms with van der Waals surface area (Å²) in [4.78, 5) is 12.9. The van der Waals surface area contributed by atoms with E-state index in [0.717, 1.165) is 94.9 Å². The van der Waals surface area contributed by atoms with Gasteiger partial charge in [0.2, 0.25) is 0 Å². The van der Waals surface area contributed by atoms with Crippen molar-refractivity contribution in [3.05, 3.63) is 218 Å². The highest BCUT2D eigenvalue weighted by Gasteiger charge is 2.26. The molecule has 294 valence electrons. The zero-order chi connectivity index (χ0) is 41.4. The van der Waals surface area contributed by atoms with Crippen molar-refractivity contribution in [2.24, 2.45) is 0 Å². The Hall–Kier alpha value is -8.54. The van der Waals surface area contributed by atoms with Crippen LogP contribution in [-0.4, -0.2) is 14.5 Å². The Kier molecular flexibility index (Phi) is 7.84. The van der Waals surface area contributed by atoms with Gasteiger partial charge in [-0.3, -0.25) is 0 Å². The Morgan fingerprint density at radius 1 is 0.365 bits per heavy atom. The summed E-state index contributed by atoms with van der Waals surface area (Å²) >= 11 is 0. The molecule has 0 spiro atoms. The molecule has 0 saturated heterocycles. The lowest BCUT2D eigenvalue weighted by molar-refractivity contribution is 0.477. The first kappa shape index (κ1) is 35.2. The van der Waals surface area contributed by atoms with Gasteiger partial charge in [-0.2, -0.15) is 0 Å². The Morgan fingerprint density at radius 3 is 1.89 bits per heavy atom. The van der Waals surface area contributed by atoms with E-state index in [4.69, 9.17) is 14.7 Å². The topological polar surface area (TPSA) is 43.2 Å². The second-order valence-electron chi connectivity index (χ2n) is 16.2. The molecule has 2 aromatic heterocycles. The average Bonchev–Trinajstić information content (AvgIpc) is 3.70. The second kappa shape index (κ2) is 14.0. The number of para-hydroxylation sites is 3. The van der Waals surface area contributed by atoms with Crippen molar-refractivity contribution in [1.82, 2.24) is 14.5 Å². The van der Waals surface area contributed by atoms with E-state index in [1.54, 1.807) is 0 Å². The van der Waals surface area contributed by atoms with Crippen LogP contribution in [0.4, 0.5) is 17.1 Å². The number of benzene rings is 10. The minimum absolute atomic E-state index is 0.691. The Morgan fingerprint density at radius 2 is 1.02 bits per heavy atom. The van der Waals surface area contributed by atoms with E-state index in [1.165, 1.54) is 21.5 Å². The lowest BCUT2D eigenvalue weighted by atomic mass is 9.99. The fourth-order valence-corrected chi connectivity index (χ4v) is 9.63. The highest BCUT2D eigenvalue weighted by atomic mass is 16.5. The smallest absolute Gasteiger partial charge is 0.160 e. The van der Waals surface area contributed by atoms with Crippen LogP contribution >= 0.6 is 0 Å². The van der Waals surface area contributed by atoms with Crippen LogP contribution in [0.1, 0.15) is 0 Å². The van der Waals surface area contributed by atoms with E-state index >= 15 is 0 Å². The highest BCUT2D eigenvalue weighted by Crippen LogP contribution is 2.51. The van der Waals surface area contributed by atoms with Crippen LogP contribution in [0.2, 0.25) is 0 Å². The Labute approximate surface area is 363 Å². The van der Waals surface area contributed by atoms with E-state index in [-0.39, 0.29) is 0 Å². The van der Waals surface area contributed by atoms with Crippen molar-refractivity contribution in [2.45, 2.75) is 0 Å². The van der Waals surface area contributed by atoms with Crippen molar-refractivity contribution in [1.29, 1.82) is 0 Å². The Bertz CT molecular complexity index is 3780. The van der Waals surface area contributed by atoms with Crippen LogP contribution < -0.4 is 9.64 Å². The number of hydrogen-bond acceptors (Lipinski definition) is 4. The van der Waals surface area contributed by atoms with Crippen LogP contribution in [0.3, 0.4) is 0 Å².